The van der Waals surface area contributed by atoms with Crippen LogP contribution in [0, 0.1) is 5.92 Å². The lowest BCUT2D eigenvalue weighted by atomic mass is 9.92. The average molecular weight is 521 g/mol. The van der Waals surface area contributed by atoms with Gasteiger partial charge in [-0.2, -0.15) is 0 Å². The summed E-state index contributed by atoms with van der Waals surface area (Å²) in [5.74, 6) is 0.0354. The molecule has 1 aliphatic carbocycles. The number of amides is 3. The Balaban J connectivity index is 1.22. The average Bonchev–Trinajstić information content (AvgIpc) is 3.51. The fourth-order valence-electron chi connectivity index (χ4n) is 5.81. The topological polar surface area (TPSA) is 102 Å². The summed E-state index contributed by atoms with van der Waals surface area (Å²) < 4.78 is 0. The minimum absolute atomic E-state index is 0.0454. The third kappa shape index (κ3) is 4.28. The molecule has 3 amide bonds. The number of thioether (sulfide) groups is 1. The number of likely N-dealkylation sites (tertiary alicyclic amines) is 1. The maximum atomic E-state index is 13.6. The number of nitrogens with one attached hydrogen (secondary N) is 2. The quantitative estimate of drug-likeness (QED) is 0.462. The van der Waals surface area contributed by atoms with Crippen LogP contribution in [0.25, 0.3) is 0 Å². The van der Waals surface area contributed by atoms with Crippen LogP contribution in [0.15, 0.2) is 48.5 Å². The molecule has 4 aliphatic rings. The minimum atomic E-state index is -1.48. The third-order valence-electron chi connectivity index (χ3n) is 8.13. The van der Waals surface area contributed by atoms with Crippen molar-refractivity contribution in [3.63, 3.8) is 0 Å². The van der Waals surface area contributed by atoms with Gasteiger partial charge in [0.2, 0.25) is 5.91 Å². The predicted molar refractivity (Wildman–Crippen MR) is 142 cm³/mol. The first kappa shape index (κ1) is 24.3. The van der Waals surface area contributed by atoms with E-state index < -0.39 is 29.0 Å². The van der Waals surface area contributed by atoms with Gasteiger partial charge >= 0.3 is 0 Å². The molecule has 3 fully saturated rings. The largest absolute Gasteiger partial charge is 0.384 e. The van der Waals surface area contributed by atoms with Crippen LogP contribution in [0.5, 0.6) is 0 Å². The highest BCUT2D eigenvalue weighted by Crippen LogP contribution is 2.52. The number of hydrogen-bond donors (Lipinski definition) is 3. The molecule has 6 rings (SSSR count). The Morgan fingerprint density at radius 2 is 1.97 bits per heavy atom. The number of carbonyl (C=O) groups excluding carboxylic acids is 3. The van der Waals surface area contributed by atoms with Gasteiger partial charge in [0.25, 0.3) is 11.8 Å². The van der Waals surface area contributed by atoms with Crippen molar-refractivity contribution in [2.24, 2.45) is 5.92 Å². The van der Waals surface area contributed by atoms with Crippen molar-refractivity contribution in [2.75, 3.05) is 24.3 Å². The third-order valence-corrected chi connectivity index (χ3v) is 9.57. The van der Waals surface area contributed by atoms with Crippen LogP contribution in [0.1, 0.15) is 41.3 Å². The van der Waals surface area contributed by atoms with Crippen molar-refractivity contribution in [3.05, 3.63) is 65.2 Å². The summed E-state index contributed by atoms with van der Waals surface area (Å²) in [6.07, 6.45) is 1.86. The van der Waals surface area contributed by atoms with Crippen molar-refractivity contribution in [2.45, 2.75) is 55.7 Å². The lowest BCUT2D eigenvalue weighted by molar-refractivity contribution is -0.167. The van der Waals surface area contributed by atoms with Gasteiger partial charge in [-0.3, -0.25) is 14.4 Å². The Morgan fingerprint density at radius 1 is 1.19 bits per heavy atom. The molecule has 3 aliphatic heterocycles. The number of aliphatic hydroxyl groups excluding tert-OH is 1. The molecule has 0 bridgehead atoms. The molecular weight excluding hydrogens is 488 g/mol. The van der Waals surface area contributed by atoms with Crippen molar-refractivity contribution in [1.82, 2.24) is 15.1 Å². The first-order valence-electron chi connectivity index (χ1n) is 13.0. The van der Waals surface area contributed by atoms with E-state index in [0.29, 0.717) is 17.4 Å². The van der Waals surface area contributed by atoms with Crippen LogP contribution >= 0.6 is 11.8 Å². The summed E-state index contributed by atoms with van der Waals surface area (Å²) in [6.45, 7) is 3.53. The fraction of sp³-hybridized carbons (Fsp3) is 0.464. The zero-order chi connectivity index (χ0) is 25.7. The van der Waals surface area contributed by atoms with Gasteiger partial charge in [0.15, 0.2) is 6.10 Å². The highest BCUT2D eigenvalue weighted by atomic mass is 32.2. The van der Waals surface area contributed by atoms with E-state index in [0.717, 1.165) is 49.2 Å². The molecule has 2 saturated heterocycles. The molecule has 4 atom stereocenters. The molecule has 37 heavy (non-hydrogen) atoms. The smallest absolute Gasteiger partial charge is 0.255 e. The van der Waals surface area contributed by atoms with Crippen LogP contribution < -0.4 is 10.6 Å². The fourth-order valence-corrected chi connectivity index (χ4v) is 7.19. The summed E-state index contributed by atoms with van der Waals surface area (Å²) in [4.78, 5) is 43.0. The first-order valence-corrected chi connectivity index (χ1v) is 14.0. The zero-order valence-corrected chi connectivity index (χ0v) is 21.7. The molecule has 1 saturated carbocycles. The highest BCUT2D eigenvalue weighted by Gasteiger charge is 2.65. The van der Waals surface area contributed by atoms with E-state index >= 15 is 0 Å². The van der Waals surface area contributed by atoms with E-state index in [9.17, 15) is 19.5 Å². The van der Waals surface area contributed by atoms with Crippen LogP contribution in [0.3, 0.4) is 0 Å². The van der Waals surface area contributed by atoms with Gasteiger partial charge in [-0.15, -0.1) is 11.8 Å². The molecule has 3 heterocycles. The monoisotopic (exact) mass is 520 g/mol. The Morgan fingerprint density at radius 3 is 2.73 bits per heavy atom. The van der Waals surface area contributed by atoms with E-state index in [2.05, 4.69) is 10.6 Å². The normalized spacial score (nSPS) is 25.6. The Hall–Kier alpha value is -3.04. The van der Waals surface area contributed by atoms with E-state index in [1.807, 2.05) is 54.3 Å². The summed E-state index contributed by atoms with van der Waals surface area (Å²) in [7, 11) is 0. The molecule has 0 aromatic heterocycles. The van der Waals surface area contributed by atoms with Crippen molar-refractivity contribution < 1.29 is 19.5 Å². The molecule has 9 heteroatoms. The standard InChI is InChI=1S/C28H32N4O4S/c1-28-24(27(36)32(28)15-18-10-11-18)31(16-37-28)26(35)23(33)22(14-17-6-3-2-4-7-17)30-25(34)20-8-5-9-21-19(20)12-13-29-21/h2-9,18,22-24,29,33H,10-16H2,1H3,(H,30,34)/t22-,23-,24+,28?/m0/s1. The van der Waals surface area contributed by atoms with Crippen molar-refractivity contribution >= 4 is 35.2 Å². The molecule has 0 spiro atoms. The van der Waals surface area contributed by atoms with E-state index in [4.69, 9.17) is 0 Å². The van der Waals surface area contributed by atoms with Crippen LogP contribution in [-0.2, 0) is 22.4 Å². The van der Waals surface area contributed by atoms with Gasteiger partial charge < -0.3 is 25.5 Å². The van der Waals surface area contributed by atoms with Gasteiger partial charge in [-0.25, -0.2) is 0 Å². The summed E-state index contributed by atoms with van der Waals surface area (Å²) in [5.41, 5.74) is 3.34. The van der Waals surface area contributed by atoms with Crippen LogP contribution in [0.2, 0.25) is 0 Å². The Labute approximate surface area is 220 Å². The number of hydrogen-bond acceptors (Lipinski definition) is 6. The molecule has 3 N–H and O–H groups in total. The van der Waals surface area contributed by atoms with Crippen LogP contribution in [-0.4, -0.2) is 74.7 Å². The predicted octanol–water partition coefficient (Wildman–Crippen LogP) is 2.23. The maximum absolute atomic E-state index is 13.6. The second kappa shape index (κ2) is 9.36. The van der Waals surface area contributed by atoms with Gasteiger partial charge in [0.1, 0.15) is 10.9 Å². The molecule has 8 nitrogen and oxygen atoms in total. The lowest BCUT2D eigenvalue weighted by Crippen LogP contribution is -2.74. The van der Waals surface area contributed by atoms with E-state index in [1.165, 1.54) is 4.90 Å². The number of nitrogens with zero attached hydrogens (tertiary/aromatic N) is 2. The van der Waals surface area contributed by atoms with Gasteiger partial charge in [-0.1, -0.05) is 36.4 Å². The first-order chi connectivity index (χ1) is 17.9. The zero-order valence-electron chi connectivity index (χ0n) is 20.9. The highest BCUT2D eigenvalue weighted by molar-refractivity contribution is 8.01. The number of aliphatic hydroxyl groups is 1. The molecule has 2 aromatic rings. The van der Waals surface area contributed by atoms with Crippen molar-refractivity contribution in [3.8, 4) is 0 Å². The summed E-state index contributed by atoms with van der Waals surface area (Å²) >= 11 is 1.57. The molecular formula is C28H32N4O4S. The Kier molecular flexibility index (Phi) is 6.15. The molecule has 1 unspecified atom stereocenters. The number of fused-ring (bicyclic) bond motifs is 2. The second-order valence-electron chi connectivity index (χ2n) is 10.7. The molecule has 0 radical (unpaired) electrons. The number of carbonyl (C=O) groups is 3. The van der Waals surface area contributed by atoms with Crippen LogP contribution in [0.4, 0.5) is 5.69 Å². The van der Waals surface area contributed by atoms with Gasteiger partial charge in [0, 0.05) is 24.3 Å². The summed E-state index contributed by atoms with van der Waals surface area (Å²) in [5, 5.41) is 17.6. The second-order valence-corrected chi connectivity index (χ2v) is 12.0. The minimum Gasteiger partial charge on any atom is -0.384 e. The van der Waals surface area contributed by atoms with Gasteiger partial charge in [0.05, 0.1) is 11.9 Å². The number of β-lactam (4-membered cyclic amide) rings is 1. The van der Waals surface area contributed by atoms with Crippen molar-refractivity contribution in [1.29, 1.82) is 0 Å². The molecule has 2 aromatic carbocycles. The Bertz CT molecular complexity index is 1240. The maximum Gasteiger partial charge on any atom is 0.255 e. The lowest BCUT2D eigenvalue weighted by Gasteiger charge is -2.53. The molecule has 194 valence electrons. The van der Waals surface area contributed by atoms with E-state index in [-0.39, 0.29) is 18.2 Å². The number of anilines is 1. The number of benzene rings is 2. The summed E-state index contributed by atoms with van der Waals surface area (Å²) in [6, 6.07) is 13.6. The SMILES string of the molecule is CC12SCN(C(=O)[C@@H](O)[C@H](Cc3ccccc3)NC(=O)c3cccc4c3CCN4)[C@@H]1C(=O)N2CC1CC1. The number of rotatable bonds is 8. The van der Waals surface area contributed by atoms with Gasteiger partial charge in [-0.05, 0) is 61.8 Å². The van der Waals surface area contributed by atoms with E-state index in [1.54, 1.807) is 17.8 Å².